The number of halogens is 1. The number of rotatable bonds is 3. The van der Waals surface area contributed by atoms with Gasteiger partial charge in [0.25, 0.3) is 5.69 Å². The topological polar surface area (TPSA) is 68.1 Å². The number of anilines is 1. The number of nitro benzene ring substituents is 1. The molecule has 28 heavy (non-hydrogen) atoms. The Bertz CT molecular complexity index is 761. The second kappa shape index (κ2) is 6.97. The monoisotopic (exact) mass is 393 g/mol. The molecule has 2 atom stereocenters. The van der Waals surface area contributed by atoms with Gasteiger partial charge >= 0.3 is 7.12 Å². The van der Waals surface area contributed by atoms with Crippen LogP contribution >= 0.6 is 0 Å². The summed E-state index contributed by atoms with van der Waals surface area (Å²) in [5, 5.41) is 11.8. The fraction of sp³-hybridized carbons (Fsp3) is 0.684. The average Bonchev–Trinajstić information content (AvgIpc) is 2.79. The summed E-state index contributed by atoms with van der Waals surface area (Å²) >= 11 is 0. The Balaban J connectivity index is 1.99. The molecule has 0 spiro atoms. The van der Waals surface area contributed by atoms with E-state index in [9.17, 15) is 10.1 Å². The molecule has 0 amide bonds. The summed E-state index contributed by atoms with van der Waals surface area (Å²) < 4.78 is 26.8. The number of hydrogen-bond donors (Lipinski definition) is 0. The van der Waals surface area contributed by atoms with Crippen molar-refractivity contribution in [2.24, 2.45) is 0 Å². The molecule has 0 bridgehead atoms. The van der Waals surface area contributed by atoms with Gasteiger partial charge in [-0.3, -0.25) is 15.0 Å². The fourth-order valence-corrected chi connectivity index (χ4v) is 3.72. The van der Waals surface area contributed by atoms with Crippen molar-refractivity contribution in [3.8, 4) is 0 Å². The van der Waals surface area contributed by atoms with Crippen LogP contribution in [-0.2, 0) is 9.31 Å². The van der Waals surface area contributed by atoms with Crippen LogP contribution in [0.2, 0.25) is 0 Å². The van der Waals surface area contributed by atoms with Gasteiger partial charge in [0.15, 0.2) is 0 Å². The van der Waals surface area contributed by atoms with Gasteiger partial charge in [-0.2, -0.15) is 0 Å². The van der Waals surface area contributed by atoms with Crippen LogP contribution in [0, 0.1) is 15.9 Å². The predicted molar refractivity (Wildman–Crippen MR) is 108 cm³/mol. The van der Waals surface area contributed by atoms with E-state index in [2.05, 4.69) is 18.7 Å². The van der Waals surface area contributed by atoms with Crippen molar-refractivity contribution < 1.29 is 18.6 Å². The molecule has 0 aromatic heterocycles. The molecular weight excluding hydrogens is 364 g/mol. The van der Waals surface area contributed by atoms with Crippen LogP contribution in [0.5, 0.6) is 0 Å². The third-order valence-electron chi connectivity index (χ3n) is 6.50. The molecule has 0 N–H and O–H groups in total. The minimum atomic E-state index is -0.983. The highest BCUT2D eigenvalue weighted by Gasteiger charge is 2.53. The van der Waals surface area contributed by atoms with Crippen LogP contribution in [-0.4, -0.2) is 60.4 Å². The Morgan fingerprint density at radius 2 is 1.64 bits per heavy atom. The molecule has 2 unspecified atom stereocenters. The van der Waals surface area contributed by atoms with Gasteiger partial charge < -0.3 is 14.2 Å². The summed E-state index contributed by atoms with van der Waals surface area (Å²) in [6.07, 6.45) is 0. The van der Waals surface area contributed by atoms with Crippen LogP contribution in [0.3, 0.4) is 0 Å². The first kappa shape index (κ1) is 21.0. The predicted octanol–water partition coefficient (Wildman–Crippen LogP) is 2.56. The number of likely N-dealkylation sites (N-methyl/N-ethyl adjacent to an activating group) is 1. The van der Waals surface area contributed by atoms with Gasteiger partial charge in [-0.05, 0) is 48.6 Å². The van der Waals surface area contributed by atoms with Gasteiger partial charge in [-0.1, -0.05) is 0 Å². The third-order valence-corrected chi connectivity index (χ3v) is 6.50. The van der Waals surface area contributed by atoms with Crippen molar-refractivity contribution in [3.63, 3.8) is 0 Å². The van der Waals surface area contributed by atoms with Crippen molar-refractivity contribution in [2.45, 2.75) is 64.8 Å². The molecule has 1 aromatic rings. The number of nitro groups is 1. The maximum Gasteiger partial charge on any atom is 0.498 e. The van der Waals surface area contributed by atoms with Gasteiger partial charge in [-0.15, -0.1) is 0 Å². The molecule has 0 saturated carbocycles. The number of benzene rings is 1. The summed E-state index contributed by atoms with van der Waals surface area (Å²) in [6.45, 7) is 12.8. The highest BCUT2D eigenvalue weighted by Crippen LogP contribution is 2.38. The van der Waals surface area contributed by atoms with Crippen LogP contribution in [0.1, 0.15) is 41.5 Å². The zero-order valence-electron chi connectivity index (χ0n) is 17.7. The number of hydrogen-bond acceptors (Lipinski definition) is 6. The molecular formula is C19H29BFN3O4. The van der Waals surface area contributed by atoms with Crippen molar-refractivity contribution in [1.82, 2.24) is 4.90 Å². The summed E-state index contributed by atoms with van der Waals surface area (Å²) in [7, 11) is 1.05. The second-order valence-corrected chi connectivity index (χ2v) is 8.98. The van der Waals surface area contributed by atoms with Gasteiger partial charge in [0.05, 0.1) is 16.1 Å². The van der Waals surface area contributed by atoms with E-state index in [0.29, 0.717) is 18.8 Å². The maximum absolute atomic E-state index is 15.1. The molecule has 3 rings (SSSR count). The standard InChI is InChI=1S/C19H29BFN3O4/c1-12-10-23(11-13(2)22(12)7)16-9-15(21)14(8-17(16)24(25)26)20-27-18(3,4)19(5,6)28-20/h8-9,12-13H,10-11H2,1-7H3. The number of nitrogens with zero attached hydrogens (tertiary/aromatic N) is 3. The number of piperazine rings is 1. The molecule has 2 fully saturated rings. The first-order chi connectivity index (χ1) is 12.8. The van der Waals surface area contributed by atoms with E-state index < -0.39 is 29.1 Å². The van der Waals surface area contributed by atoms with Crippen molar-refractivity contribution in [1.29, 1.82) is 0 Å². The smallest absolute Gasteiger partial charge is 0.399 e. The normalized spacial score (nSPS) is 27.3. The Morgan fingerprint density at radius 3 is 2.11 bits per heavy atom. The molecule has 2 saturated heterocycles. The first-order valence-corrected chi connectivity index (χ1v) is 9.64. The Labute approximate surface area is 166 Å². The Morgan fingerprint density at radius 1 is 1.14 bits per heavy atom. The lowest BCUT2D eigenvalue weighted by Gasteiger charge is -2.43. The molecule has 0 aliphatic carbocycles. The Kier molecular flexibility index (Phi) is 5.23. The summed E-state index contributed by atoms with van der Waals surface area (Å²) in [4.78, 5) is 15.4. The van der Waals surface area contributed by atoms with Crippen LogP contribution in [0.4, 0.5) is 15.8 Å². The van der Waals surface area contributed by atoms with Crippen molar-refractivity contribution in [3.05, 3.63) is 28.1 Å². The summed E-state index contributed by atoms with van der Waals surface area (Å²) in [5.74, 6) is -0.557. The molecule has 1 aromatic carbocycles. The highest BCUT2D eigenvalue weighted by molar-refractivity contribution is 6.62. The van der Waals surface area contributed by atoms with E-state index >= 15 is 4.39 Å². The zero-order valence-corrected chi connectivity index (χ0v) is 17.7. The molecule has 2 aliphatic heterocycles. The lowest BCUT2D eigenvalue weighted by molar-refractivity contribution is -0.384. The minimum Gasteiger partial charge on any atom is -0.399 e. The summed E-state index contributed by atoms with van der Waals surface area (Å²) in [5.41, 5.74) is -1.08. The van der Waals surface area contributed by atoms with Crippen LogP contribution < -0.4 is 10.4 Å². The third kappa shape index (κ3) is 3.51. The zero-order chi connectivity index (χ0) is 21.0. The molecule has 2 aliphatic rings. The van der Waals surface area contributed by atoms with Crippen LogP contribution in [0.25, 0.3) is 0 Å². The highest BCUT2D eigenvalue weighted by atomic mass is 19.1. The average molecular weight is 393 g/mol. The second-order valence-electron chi connectivity index (χ2n) is 8.98. The SMILES string of the molecule is CC1CN(c2cc(F)c(B3OC(C)(C)C(C)(C)O3)cc2[N+](=O)[O-])CC(C)N1C. The van der Waals surface area contributed by atoms with Gasteiger partial charge in [0, 0.05) is 42.8 Å². The molecule has 7 nitrogen and oxygen atoms in total. The van der Waals surface area contributed by atoms with E-state index in [1.807, 2.05) is 39.6 Å². The minimum absolute atomic E-state index is 0.0596. The maximum atomic E-state index is 15.1. The lowest BCUT2D eigenvalue weighted by atomic mass is 9.78. The van der Waals surface area contributed by atoms with Crippen LogP contribution in [0.15, 0.2) is 12.1 Å². The molecule has 154 valence electrons. The van der Waals surface area contributed by atoms with Gasteiger partial charge in [0.1, 0.15) is 11.5 Å². The fourth-order valence-electron chi connectivity index (χ4n) is 3.72. The van der Waals surface area contributed by atoms with E-state index in [1.165, 1.54) is 12.1 Å². The molecule has 2 heterocycles. The van der Waals surface area contributed by atoms with Crippen molar-refractivity contribution >= 4 is 24.0 Å². The van der Waals surface area contributed by atoms with E-state index in [0.717, 1.165) is 0 Å². The largest absolute Gasteiger partial charge is 0.498 e. The first-order valence-electron chi connectivity index (χ1n) is 9.64. The van der Waals surface area contributed by atoms with Crippen molar-refractivity contribution in [2.75, 3.05) is 25.0 Å². The van der Waals surface area contributed by atoms with Gasteiger partial charge in [0.2, 0.25) is 0 Å². The van der Waals surface area contributed by atoms with E-state index in [1.54, 1.807) is 0 Å². The van der Waals surface area contributed by atoms with E-state index in [4.69, 9.17) is 9.31 Å². The summed E-state index contributed by atoms with van der Waals surface area (Å²) in [6, 6.07) is 2.92. The molecule has 0 radical (unpaired) electrons. The van der Waals surface area contributed by atoms with E-state index in [-0.39, 0.29) is 23.2 Å². The lowest BCUT2D eigenvalue weighted by Crippen LogP contribution is -2.55. The quantitative estimate of drug-likeness (QED) is 0.447. The van der Waals surface area contributed by atoms with Gasteiger partial charge in [-0.25, -0.2) is 4.39 Å². The Hall–Kier alpha value is -1.71. The molecule has 9 heteroatoms.